The van der Waals surface area contributed by atoms with Crippen molar-refractivity contribution in [2.75, 3.05) is 19.7 Å². The molecule has 0 aliphatic carbocycles. The number of piperidine rings is 1. The molecule has 1 aliphatic rings. The van der Waals surface area contributed by atoms with Gasteiger partial charge in [-0.05, 0) is 31.4 Å². The van der Waals surface area contributed by atoms with E-state index < -0.39 is 4.92 Å². The van der Waals surface area contributed by atoms with E-state index in [4.69, 9.17) is 4.74 Å². The van der Waals surface area contributed by atoms with Crippen molar-refractivity contribution in [3.05, 3.63) is 33.9 Å². The van der Waals surface area contributed by atoms with Crippen molar-refractivity contribution in [3.63, 3.8) is 0 Å². The normalized spacial score (nSPS) is 14.6. The van der Waals surface area contributed by atoms with Gasteiger partial charge in [-0.2, -0.15) is 0 Å². The number of nitro groups is 1. The van der Waals surface area contributed by atoms with Crippen LogP contribution in [0.2, 0.25) is 0 Å². The smallest absolute Gasteiger partial charge is 0.310 e. The number of nitro benzene ring substituents is 1. The number of hydrogen-bond donors (Lipinski definition) is 0. The largest absolute Gasteiger partial charge is 0.477 e. The fraction of sp³-hybridized carbons (Fsp3) is 0.429. The van der Waals surface area contributed by atoms with E-state index in [0.717, 1.165) is 19.3 Å². The van der Waals surface area contributed by atoms with E-state index in [1.54, 1.807) is 4.90 Å². The van der Waals surface area contributed by atoms with E-state index in [1.165, 1.54) is 18.2 Å². The molecular formula is C14H16N2O5. The maximum atomic E-state index is 12.0. The summed E-state index contributed by atoms with van der Waals surface area (Å²) < 4.78 is 5.26. The molecule has 1 heterocycles. The van der Waals surface area contributed by atoms with Gasteiger partial charge in [0.05, 0.1) is 4.92 Å². The Morgan fingerprint density at radius 3 is 2.67 bits per heavy atom. The maximum Gasteiger partial charge on any atom is 0.310 e. The van der Waals surface area contributed by atoms with Crippen molar-refractivity contribution in [2.45, 2.75) is 19.3 Å². The summed E-state index contributed by atoms with van der Waals surface area (Å²) in [4.78, 5) is 34.7. The molecule has 1 saturated heterocycles. The second kappa shape index (κ2) is 6.83. The van der Waals surface area contributed by atoms with Gasteiger partial charge in [0.25, 0.3) is 5.91 Å². The molecule has 7 nitrogen and oxygen atoms in total. The molecule has 112 valence electrons. The zero-order valence-electron chi connectivity index (χ0n) is 11.5. The third-order valence-corrected chi connectivity index (χ3v) is 3.38. The molecule has 0 atom stereocenters. The summed E-state index contributed by atoms with van der Waals surface area (Å²) >= 11 is 0. The van der Waals surface area contributed by atoms with Crippen LogP contribution in [0.25, 0.3) is 0 Å². The van der Waals surface area contributed by atoms with Crippen LogP contribution in [0.3, 0.4) is 0 Å². The van der Waals surface area contributed by atoms with Crippen LogP contribution in [0.5, 0.6) is 5.75 Å². The first-order chi connectivity index (χ1) is 10.1. The topological polar surface area (TPSA) is 89.7 Å². The third-order valence-electron chi connectivity index (χ3n) is 3.38. The Labute approximate surface area is 121 Å². The summed E-state index contributed by atoms with van der Waals surface area (Å²) in [6, 6.07) is 3.81. The van der Waals surface area contributed by atoms with E-state index in [9.17, 15) is 19.7 Å². The summed E-state index contributed by atoms with van der Waals surface area (Å²) in [5.41, 5.74) is 0.00747. The van der Waals surface area contributed by atoms with Crippen molar-refractivity contribution in [1.29, 1.82) is 0 Å². The van der Waals surface area contributed by atoms with Gasteiger partial charge in [0, 0.05) is 24.7 Å². The highest BCUT2D eigenvalue weighted by molar-refractivity contribution is 5.79. The second-order valence-corrected chi connectivity index (χ2v) is 4.83. The Balaban J connectivity index is 2.05. The van der Waals surface area contributed by atoms with Gasteiger partial charge in [-0.1, -0.05) is 0 Å². The predicted molar refractivity (Wildman–Crippen MR) is 74.4 cm³/mol. The molecule has 2 rings (SSSR count). The van der Waals surface area contributed by atoms with Gasteiger partial charge in [-0.15, -0.1) is 0 Å². The Kier molecular flexibility index (Phi) is 4.86. The lowest BCUT2D eigenvalue weighted by molar-refractivity contribution is -0.385. The number of likely N-dealkylation sites (tertiary alicyclic amines) is 1. The highest BCUT2D eigenvalue weighted by Crippen LogP contribution is 2.27. The van der Waals surface area contributed by atoms with Crippen LogP contribution in [-0.4, -0.2) is 41.7 Å². The van der Waals surface area contributed by atoms with Gasteiger partial charge < -0.3 is 9.64 Å². The fourth-order valence-corrected chi connectivity index (χ4v) is 2.24. The van der Waals surface area contributed by atoms with Gasteiger partial charge in [-0.25, -0.2) is 0 Å². The summed E-state index contributed by atoms with van der Waals surface area (Å²) in [7, 11) is 0. The minimum atomic E-state index is -0.602. The summed E-state index contributed by atoms with van der Waals surface area (Å²) in [5, 5.41) is 10.9. The quantitative estimate of drug-likeness (QED) is 0.469. The Morgan fingerprint density at radius 1 is 1.33 bits per heavy atom. The molecule has 1 amide bonds. The first kappa shape index (κ1) is 15.0. The van der Waals surface area contributed by atoms with Crippen LogP contribution in [0, 0.1) is 10.1 Å². The lowest BCUT2D eigenvalue weighted by atomic mass is 10.1. The Morgan fingerprint density at radius 2 is 2.05 bits per heavy atom. The van der Waals surface area contributed by atoms with Gasteiger partial charge in [0.1, 0.15) is 6.29 Å². The number of amides is 1. The van der Waals surface area contributed by atoms with E-state index in [2.05, 4.69) is 0 Å². The van der Waals surface area contributed by atoms with Crippen LogP contribution in [-0.2, 0) is 4.79 Å². The van der Waals surface area contributed by atoms with Crippen molar-refractivity contribution >= 4 is 17.9 Å². The summed E-state index contributed by atoms with van der Waals surface area (Å²) in [6.45, 7) is 1.13. The number of ether oxygens (including phenoxy) is 1. The molecule has 0 saturated carbocycles. The lowest BCUT2D eigenvalue weighted by Crippen LogP contribution is -2.38. The van der Waals surface area contributed by atoms with Crippen LogP contribution in [0.15, 0.2) is 18.2 Å². The number of nitrogens with zero attached hydrogens (tertiary/aromatic N) is 2. The Hall–Kier alpha value is -2.44. The fourth-order valence-electron chi connectivity index (χ4n) is 2.24. The van der Waals surface area contributed by atoms with Crippen LogP contribution in [0.1, 0.15) is 29.6 Å². The zero-order valence-corrected chi connectivity index (χ0v) is 11.5. The molecule has 0 bridgehead atoms. The molecule has 1 aliphatic heterocycles. The van der Waals surface area contributed by atoms with Crippen molar-refractivity contribution in [2.24, 2.45) is 0 Å². The lowest BCUT2D eigenvalue weighted by Gasteiger charge is -2.26. The first-order valence-electron chi connectivity index (χ1n) is 6.76. The van der Waals surface area contributed by atoms with Crippen molar-refractivity contribution < 1.29 is 19.2 Å². The Bertz CT molecular complexity index is 552. The van der Waals surface area contributed by atoms with E-state index in [0.29, 0.717) is 19.4 Å². The molecule has 7 heteroatoms. The second-order valence-electron chi connectivity index (χ2n) is 4.83. The SMILES string of the molecule is O=Cc1ccc([N+](=O)[O-])c(OCC(=O)N2CCCCC2)c1. The number of rotatable bonds is 5. The molecule has 1 aromatic carbocycles. The molecule has 1 fully saturated rings. The van der Waals surface area contributed by atoms with Crippen LogP contribution < -0.4 is 4.74 Å². The summed E-state index contributed by atoms with van der Waals surface area (Å²) in [5.74, 6) is -0.254. The molecule has 0 unspecified atom stereocenters. The minimum Gasteiger partial charge on any atom is -0.477 e. The molecule has 21 heavy (non-hydrogen) atoms. The summed E-state index contributed by atoms with van der Waals surface area (Å²) in [6.07, 6.45) is 3.61. The molecule has 0 N–H and O–H groups in total. The molecule has 0 aromatic heterocycles. The number of carbonyl (C=O) groups is 2. The highest BCUT2D eigenvalue weighted by atomic mass is 16.6. The van der Waals surface area contributed by atoms with Crippen molar-refractivity contribution in [1.82, 2.24) is 4.90 Å². The van der Waals surface area contributed by atoms with Gasteiger partial charge in [-0.3, -0.25) is 19.7 Å². The van der Waals surface area contributed by atoms with E-state index in [-0.39, 0.29) is 29.5 Å². The number of aldehydes is 1. The predicted octanol–water partition coefficient (Wildman–Crippen LogP) is 1.80. The van der Waals surface area contributed by atoms with E-state index in [1.807, 2.05) is 0 Å². The zero-order chi connectivity index (χ0) is 15.2. The van der Waals surface area contributed by atoms with Crippen LogP contribution >= 0.6 is 0 Å². The highest BCUT2D eigenvalue weighted by Gasteiger charge is 2.20. The minimum absolute atomic E-state index is 0.0602. The van der Waals surface area contributed by atoms with Gasteiger partial charge >= 0.3 is 5.69 Å². The van der Waals surface area contributed by atoms with E-state index >= 15 is 0 Å². The average Bonchev–Trinajstić information content (AvgIpc) is 2.52. The van der Waals surface area contributed by atoms with Gasteiger partial charge in [0.2, 0.25) is 0 Å². The first-order valence-corrected chi connectivity index (χ1v) is 6.76. The molecular weight excluding hydrogens is 276 g/mol. The third kappa shape index (κ3) is 3.77. The molecule has 0 spiro atoms. The number of benzene rings is 1. The van der Waals surface area contributed by atoms with Crippen molar-refractivity contribution in [3.8, 4) is 5.75 Å². The molecule has 0 radical (unpaired) electrons. The number of hydrogen-bond acceptors (Lipinski definition) is 5. The number of carbonyl (C=O) groups excluding carboxylic acids is 2. The molecule has 1 aromatic rings. The monoisotopic (exact) mass is 292 g/mol. The van der Waals surface area contributed by atoms with Crippen LogP contribution in [0.4, 0.5) is 5.69 Å². The standard InChI is InChI=1S/C14H16N2O5/c17-9-11-4-5-12(16(19)20)13(8-11)21-10-14(18)15-6-2-1-3-7-15/h4-5,8-9H,1-3,6-7,10H2. The average molecular weight is 292 g/mol. The maximum absolute atomic E-state index is 12.0. The van der Waals surface area contributed by atoms with Gasteiger partial charge in [0.15, 0.2) is 12.4 Å².